The topological polar surface area (TPSA) is 34.1 Å². The summed E-state index contributed by atoms with van der Waals surface area (Å²) in [5.41, 5.74) is 2.16. The van der Waals surface area contributed by atoms with E-state index in [2.05, 4.69) is 10.3 Å². The van der Waals surface area contributed by atoms with Crippen molar-refractivity contribution in [2.75, 3.05) is 7.05 Å². The van der Waals surface area contributed by atoms with E-state index >= 15 is 0 Å². The van der Waals surface area contributed by atoms with Crippen LogP contribution in [0.25, 0.3) is 0 Å². The molecule has 1 heterocycles. The lowest BCUT2D eigenvalue weighted by atomic mass is 10.2. The molecule has 4 heteroatoms. The van der Waals surface area contributed by atoms with E-state index in [9.17, 15) is 0 Å². The van der Waals surface area contributed by atoms with Crippen molar-refractivity contribution in [1.29, 1.82) is 0 Å². The minimum Gasteiger partial charge on any atom is -0.473 e. The molecular formula is C14H15ClN2O. The van der Waals surface area contributed by atoms with E-state index in [0.717, 1.165) is 17.7 Å². The van der Waals surface area contributed by atoms with E-state index in [0.29, 0.717) is 17.5 Å². The first-order valence-corrected chi connectivity index (χ1v) is 6.12. The van der Waals surface area contributed by atoms with E-state index < -0.39 is 0 Å². The molecule has 0 aliphatic rings. The van der Waals surface area contributed by atoms with Crippen LogP contribution in [0.4, 0.5) is 0 Å². The third-order valence-electron chi connectivity index (χ3n) is 2.45. The van der Waals surface area contributed by atoms with Crippen LogP contribution in [-0.4, -0.2) is 12.0 Å². The molecule has 0 saturated carbocycles. The molecule has 0 spiro atoms. The molecule has 1 aromatic heterocycles. The first kappa shape index (κ1) is 12.9. The van der Waals surface area contributed by atoms with Crippen molar-refractivity contribution in [2.24, 2.45) is 0 Å². The number of ether oxygens (including phenoxy) is 1. The summed E-state index contributed by atoms with van der Waals surface area (Å²) in [5, 5.41) is 3.79. The maximum Gasteiger partial charge on any atom is 0.213 e. The fraction of sp³-hybridized carbons (Fsp3) is 0.214. The summed E-state index contributed by atoms with van der Waals surface area (Å²) in [7, 11) is 1.91. The minimum atomic E-state index is 0.471. The Kier molecular flexibility index (Phi) is 4.56. The predicted molar refractivity (Wildman–Crippen MR) is 72.8 cm³/mol. The number of hydrogen-bond donors (Lipinski definition) is 1. The molecule has 94 valence electrons. The molecule has 0 fully saturated rings. The number of benzene rings is 1. The van der Waals surface area contributed by atoms with Gasteiger partial charge in [-0.25, -0.2) is 4.98 Å². The Labute approximate surface area is 112 Å². The van der Waals surface area contributed by atoms with E-state index in [1.165, 1.54) is 0 Å². The van der Waals surface area contributed by atoms with E-state index in [4.69, 9.17) is 16.3 Å². The van der Waals surface area contributed by atoms with Crippen molar-refractivity contribution in [3.05, 3.63) is 58.7 Å². The van der Waals surface area contributed by atoms with Gasteiger partial charge in [-0.3, -0.25) is 0 Å². The Morgan fingerprint density at radius 3 is 2.78 bits per heavy atom. The van der Waals surface area contributed by atoms with Crippen molar-refractivity contribution >= 4 is 11.6 Å². The van der Waals surface area contributed by atoms with E-state index in [1.54, 1.807) is 0 Å². The number of nitrogens with zero attached hydrogens (tertiary/aromatic N) is 1. The number of rotatable bonds is 5. The van der Waals surface area contributed by atoms with Gasteiger partial charge in [-0.05, 0) is 30.3 Å². The van der Waals surface area contributed by atoms with Gasteiger partial charge in [-0.1, -0.05) is 29.8 Å². The van der Waals surface area contributed by atoms with Gasteiger partial charge < -0.3 is 10.1 Å². The molecule has 0 aliphatic heterocycles. The van der Waals surface area contributed by atoms with Crippen molar-refractivity contribution in [3.8, 4) is 5.88 Å². The van der Waals surface area contributed by atoms with Gasteiger partial charge in [0.2, 0.25) is 5.88 Å². The first-order valence-electron chi connectivity index (χ1n) is 5.74. The molecule has 0 atom stereocenters. The smallest absolute Gasteiger partial charge is 0.213 e. The maximum absolute atomic E-state index is 5.90. The molecule has 2 aromatic rings. The highest BCUT2D eigenvalue weighted by Crippen LogP contribution is 2.14. The first-order chi connectivity index (χ1) is 8.78. The zero-order valence-electron chi connectivity index (χ0n) is 10.2. The normalized spacial score (nSPS) is 10.3. The van der Waals surface area contributed by atoms with E-state index in [1.807, 2.05) is 49.6 Å². The predicted octanol–water partition coefficient (Wildman–Crippen LogP) is 3.03. The molecule has 0 amide bonds. The molecule has 1 aromatic carbocycles. The van der Waals surface area contributed by atoms with Crippen LogP contribution in [0.5, 0.6) is 5.88 Å². The zero-order chi connectivity index (χ0) is 12.8. The SMILES string of the molecule is CNCc1ccc(OCc2cccc(Cl)c2)nc1. The second-order valence-corrected chi connectivity index (χ2v) is 4.39. The van der Waals surface area contributed by atoms with Crippen molar-refractivity contribution in [1.82, 2.24) is 10.3 Å². The second-order valence-electron chi connectivity index (χ2n) is 3.95. The third kappa shape index (κ3) is 3.72. The summed E-state index contributed by atoms with van der Waals surface area (Å²) in [6, 6.07) is 11.5. The van der Waals surface area contributed by atoms with Crippen LogP contribution >= 0.6 is 11.6 Å². The Morgan fingerprint density at radius 2 is 2.11 bits per heavy atom. The molecule has 0 unspecified atom stereocenters. The fourth-order valence-corrected chi connectivity index (χ4v) is 1.80. The van der Waals surface area contributed by atoms with Crippen LogP contribution in [0.15, 0.2) is 42.6 Å². The van der Waals surface area contributed by atoms with Crippen LogP contribution in [0.1, 0.15) is 11.1 Å². The summed E-state index contributed by atoms with van der Waals surface area (Å²) < 4.78 is 5.59. The van der Waals surface area contributed by atoms with Gasteiger partial charge in [0.1, 0.15) is 6.61 Å². The zero-order valence-corrected chi connectivity index (χ0v) is 10.9. The van der Waals surface area contributed by atoms with Gasteiger partial charge in [-0.15, -0.1) is 0 Å². The number of aromatic nitrogens is 1. The lowest BCUT2D eigenvalue weighted by Crippen LogP contribution is -2.05. The Hall–Kier alpha value is -1.58. The highest BCUT2D eigenvalue weighted by atomic mass is 35.5. The second kappa shape index (κ2) is 6.38. The quantitative estimate of drug-likeness (QED) is 0.899. The summed E-state index contributed by atoms with van der Waals surface area (Å²) in [5.74, 6) is 0.620. The Morgan fingerprint density at radius 1 is 1.22 bits per heavy atom. The number of halogens is 1. The third-order valence-corrected chi connectivity index (χ3v) is 2.69. The Bertz CT molecular complexity index is 499. The van der Waals surface area contributed by atoms with E-state index in [-0.39, 0.29) is 0 Å². The highest BCUT2D eigenvalue weighted by molar-refractivity contribution is 6.30. The largest absolute Gasteiger partial charge is 0.473 e. The number of nitrogens with one attached hydrogen (secondary N) is 1. The molecule has 0 bridgehead atoms. The lowest BCUT2D eigenvalue weighted by Gasteiger charge is -2.06. The van der Waals surface area contributed by atoms with Gasteiger partial charge in [0.05, 0.1) is 0 Å². The van der Waals surface area contributed by atoms with Gasteiger partial charge >= 0.3 is 0 Å². The van der Waals surface area contributed by atoms with Crippen molar-refractivity contribution in [2.45, 2.75) is 13.2 Å². The summed E-state index contributed by atoms with van der Waals surface area (Å²) >= 11 is 5.90. The van der Waals surface area contributed by atoms with Crippen molar-refractivity contribution in [3.63, 3.8) is 0 Å². The molecule has 18 heavy (non-hydrogen) atoms. The molecule has 0 radical (unpaired) electrons. The van der Waals surface area contributed by atoms with Crippen LogP contribution < -0.4 is 10.1 Å². The van der Waals surface area contributed by atoms with Crippen LogP contribution in [0, 0.1) is 0 Å². The number of pyridine rings is 1. The van der Waals surface area contributed by atoms with Crippen LogP contribution in [-0.2, 0) is 13.2 Å². The van der Waals surface area contributed by atoms with Gasteiger partial charge in [0.25, 0.3) is 0 Å². The van der Waals surface area contributed by atoms with Crippen LogP contribution in [0.3, 0.4) is 0 Å². The minimum absolute atomic E-state index is 0.471. The molecule has 0 aliphatic carbocycles. The molecule has 0 saturated heterocycles. The van der Waals surface area contributed by atoms with Crippen molar-refractivity contribution < 1.29 is 4.74 Å². The van der Waals surface area contributed by atoms with Gasteiger partial charge in [0, 0.05) is 23.8 Å². The average molecular weight is 263 g/mol. The molecule has 1 N–H and O–H groups in total. The lowest BCUT2D eigenvalue weighted by molar-refractivity contribution is 0.293. The van der Waals surface area contributed by atoms with Crippen LogP contribution in [0.2, 0.25) is 5.02 Å². The summed E-state index contributed by atoms with van der Waals surface area (Å²) in [4.78, 5) is 4.24. The summed E-state index contributed by atoms with van der Waals surface area (Å²) in [6.07, 6.45) is 1.81. The molecular weight excluding hydrogens is 248 g/mol. The van der Waals surface area contributed by atoms with Gasteiger partial charge in [-0.2, -0.15) is 0 Å². The number of hydrogen-bond acceptors (Lipinski definition) is 3. The maximum atomic E-state index is 5.90. The fourth-order valence-electron chi connectivity index (χ4n) is 1.59. The average Bonchev–Trinajstić information content (AvgIpc) is 2.38. The monoisotopic (exact) mass is 262 g/mol. The molecule has 3 nitrogen and oxygen atoms in total. The molecule has 2 rings (SSSR count). The summed E-state index contributed by atoms with van der Waals surface area (Å²) in [6.45, 7) is 1.28. The van der Waals surface area contributed by atoms with Gasteiger partial charge in [0.15, 0.2) is 0 Å². The standard InChI is InChI=1S/C14H15ClN2O/c1-16-8-12-5-6-14(17-9-12)18-10-11-3-2-4-13(15)7-11/h2-7,9,16H,8,10H2,1H3. The highest BCUT2D eigenvalue weighted by Gasteiger charge is 1.98. The Balaban J connectivity index is 1.93.